The van der Waals surface area contributed by atoms with Crippen LogP contribution in [0.4, 0.5) is 0 Å². The number of nitrogens with zero attached hydrogens (tertiary/aromatic N) is 1. The summed E-state index contributed by atoms with van der Waals surface area (Å²) in [5, 5.41) is 4.70. The molecule has 0 amide bonds. The number of pyridine rings is 1. The number of benzene rings is 1. The summed E-state index contributed by atoms with van der Waals surface area (Å²) in [6.45, 7) is 7.64. The minimum atomic E-state index is 0.465. The summed E-state index contributed by atoms with van der Waals surface area (Å²) >= 11 is 0. The molecule has 1 heterocycles. The highest BCUT2D eigenvalue weighted by atomic mass is 14.9. The second-order valence-electron chi connectivity index (χ2n) is 4.56. The van der Waals surface area contributed by atoms with Crippen molar-refractivity contribution in [2.45, 2.75) is 32.7 Å². The average Bonchev–Trinajstić information content (AvgIpc) is 2.37. The first-order valence-electron chi connectivity index (χ1n) is 6.31. The number of fused-ring (bicyclic) bond motifs is 1. The molecule has 0 aliphatic carbocycles. The van der Waals surface area contributed by atoms with E-state index in [1.807, 2.05) is 12.3 Å². The van der Waals surface area contributed by atoms with Crippen LogP contribution >= 0.6 is 0 Å². The fourth-order valence-corrected chi connectivity index (χ4v) is 2.26. The van der Waals surface area contributed by atoms with E-state index in [-0.39, 0.29) is 0 Å². The first-order chi connectivity index (χ1) is 8.24. The van der Waals surface area contributed by atoms with E-state index >= 15 is 0 Å². The third kappa shape index (κ3) is 2.47. The van der Waals surface area contributed by atoms with Crippen LogP contribution in [0.25, 0.3) is 10.9 Å². The fraction of sp³-hybridized carbons (Fsp3) is 0.400. The van der Waals surface area contributed by atoms with Gasteiger partial charge in [0.05, 0.1) is 5.52 Å². The molecule has 0 saturated heterocycles. The summed E-state index contributed by atoms with van der Waals surface area (Å²) in [6, 6.07) is 11.0. The van der Waals surface area contributed by atoms with Gasteiger partial charge < -0.3 is 5.32 Å². The lowest BCUT2D eigenvalue weighted by Crippen LogP contribution is -2.30. The molecular weight excluding hydrogens is 208 g/mol. The monoisotopic (exact) mass is 228 g/mol. The van der Waals surface area contributed by atoms with Gasteiger partial charge in [0.2, 0.25) is 0 Å². The number of hydrogen-bond acceptors (Lipinski definition) is 2. The third-order valence-electron chi connectivity index (χ3n) is 3.43. The quantitative estimate of drug-likeness (QED) is 0.868. The Bertz CT molecular complexity index is 488. The summed E-state index contributed by atoms with van der Waals surface area (Å²) in [4.78, 5) is 4.52. The van der Waals surface area contributed by atoms with Gasteiger partial charge in [0.15, 0.2) is 0 Å². The maximum Gasteiger partial charge on any atom is 0.0737 e. The SMILES string of the molecule is CCNC(C)C(C)c1cccc2cccnc12. The first-order valence-corrected chi connectivity index (χ1v) is 6.31. The molecule has 0 bridgehead atoms. The van der Waals surface area contributed by atoms with Gasteiger partial charge in [-0.3, -0.25) is 4.98 Å². The molecule has 0 spiro atoms. The van der Waals surface area contributed by atoms with Crippen molar-refractivity contribution >= 4 is 10.9 Å². The minimum absolute atomic E-state index is 0.465. The van der Waals surface area contributed by atoms with E-state index in [4.69, 9.17) is 0 Å². The minimum Gasteiger partial charge on any atom is -0.314 e. The lowest BCUT2D eigenvalue weighted by atomic mass is 9.92. The molecule has 0 fully saturated rings. The maximum atomic E-state index is 4.52. The Hall–Kier alpha value is -1.41. The Morgan fingerprint density at radius 2 is 1.94 bits per heavy atom. The number of nitrogens with one attached hydrogen (secondary N) is 1. The Kier molecular flexibility index (Phi) is 3.75. The van der Waals surface area contributed by atoms with Crippen LogP contribution in [-0.4, -0.2) is 17.6 Å². The Morgan fingerprint density at radius 1 is 1.18 bits per heavy atom. The van der Waals surface area contributed by atoms with Crippen LogP contribution in [0.15, 0.2) is 36.5 Å². The summed E-state index contributed by atoms with van der Waals surface area (Å²) in [6.07, 6.45) is 1.87. The van der Waals surface area contributed by atoms with E-state index in [1.165, 1.54) is 10.9 Å². The molecule has 0 radical (unpaired) electrons. The van der Waals surface area contributed by atoms with Crippen molar-refractivity contribution in [1.82, 2.24) is 10.3 Å². The number of hydrogen-bond donors (Lipinski definition) is 1. The predicted octanol–water partition coefficient (Wildman–Crippen LogP) is 3.34. The summed E-state index contributed by atoms with van der Waals surface area (Å²) in [5.41, 5.74) is 2.46. The van der Waals surface area contributed by atoms with Crippen LogP contribution in [0.3, 0.4) is 0 Å². The Labute approximate surface area is 103 Å². The predicted molar refractivity (Wildman–Crippen MR) is 73.3 cm³/mol. The molecule has 0 saturated carbocycles. The molecule has 0 aliphatic heterocycles. The highest BCUT2D eigenvalue weighted by Crippen LogP contribution is 2.25. The molecule has 2 aromatic rings. The van der Waals surface area contributed by atoms with Crippen LogP contribution < -0.4 is 5.32 Å². The molecule has 1 aromatic carbocycles. The third-order valence-corrected chi connectivity index (χ3v) is 3.43. The zero-order chi connectivity index (χ0) is 12.3. The van der Waals surface area contributed by atoms with Gasteiger partial charge in [-0.25, -0.2) is 0 Å². The molecule has 2 rings (SSSR count). The molecule has 2 atom stereocenters. The Morgan fingerprint density at radius 3 is 2.71 bits per heavy atom. The molecule has 17 heavy (non-hydrogen) atoms. The topological polar surface area (TPSA) is 24.9 Å². The van der Waals surface area contributed by atoms with Crippen molar-refractivity contribution in [3.05, 3.63) is 42.1 Å². The molecule has 0 aliphatic rings. The molecular formula is C15H20N2. The summed E-state index contributed by atoms with van der Waals surface area (Å²) in [7, 11) is 0. The number of rotatable bonds is 4. The van der Waals surface area contributed by atoms with Gasteiger partial charge in [0.1, 0.15) is 0 Å². The molecule has 1 N–H and O–H groups in total. The van der Waals surface area contributed by atoms with Crippen LogP contribution in [0.1, 0.15) is 32.3 Å². The van der Waals surface area contributed by atoms with Gasteiger partial charge in [0, 0.05) is 17.6 Å². The summed E-state index contributed by atoms with van der Waals surface area (Å²) < 4.78 is 0. The largest absolute Gasteiger partial charge is 0.314 e. The van der Waals surface area contributed by atoms with Crippen molar-refractivity contribution in [3.63, 3.8) is 0 Å². The van der Waals surface area contributed by atoms with Gasteiger partial charge in [-0.15, -0.1) is 0 Å². The number of para-hydroxylation sites is 1. The first kappa shape index (κ1) is 12.1. The lowest BCUT2D eigenvalue weighted by Gasteiger charge is -2.22. The average molecular weight is 228 g/mol. The highest BCUT2D eigenvalue weighted by Gasteiger charge is 2.15. The molecule has 90 valence electrons. The van der Waals surface area contributed by atoms with Crippen molar-refractivity contribution in [1.29, 1.82) is 0 Å². The van der Waals surface area contributed by atoms with E-state index in [0.29, 0.717) is 12.0 Å². The van der Waals surface area contributed by atoms with Crippen LogP contribution in [0, 0.1) is 0 Å². The zero-order valence-electron chi connectivity index (χ0n) is 10.8. The standard InChI is InChI=1S/C15H20N2/c1-4-16-12(3)11(2)14-9-5-7-13-8-6-10-17-15(13)14/h5-12,16H,4H2,1-3H3. The highest BCUT2D eigenvalue weighted by molar-refractivity contribution is 5.82. The van der Waals surface area contributed by atoms with Crippen molar-refractivity contribution in [3.8, 4) is 0 Å². The van der Waals surface area contributed by atoms with Crippen LogP contribution in [0.2, 0.25) is 0 Å². The van der Waals surface area contributed by atoms with Gasteiger partial charge >= 0.3 is 0 Å². The van der Waals surface area contributed by atoms with Gasteiger partial charge in [-0.2, -0.15) is 0 Å². The van der Waals surface area contributed by atoms with E-state index in [9.17, 15) is 0 Å². The van der Waals surface area contributed by atoms with Gasteiger partial charge in [-0.05, 0) is 31.0 Å². The van der Waals surface area contributed by atoms with Crippen molar-refractivity contribution in [2.75, 3.05) is 6.54 Å². The van der Waals surface area contributed by atoms with Gasteiger partial charge in [-0.1, -0.05) is 38.1 Å². The molecule has 2 nitrogen and oxygen atoms in total. The number of likely N-dealkylation sites (N-methyl/N-ethyl adjacent to an activating group) is 1. The maximum absolute atomic E-state index is 4.52. The molecule has 2 unspecified atom stereocenters. The molecule has 1 aromatic heterocycles. The smallest absolute Gasteiger partial charge is 0.0737 e. The van der Waals surface area contributed by atoms with Gasteiger partial charge in [0.25, 0.3) is 0 Å². The lowest BCUT2D eigenvalue weighted by molar-refractivity contribution is 0.496. The van der Waals surface area contributed by atoms with E-state index < -0.39 is 0 Å². The normalized spacial score (nSPS) is 14.8. The van der Waals surface area contributed by atoms with Crippen molar-refractivity contribution < 1.29 is 0 Å². The second kappa shape index (κ2) is 5.28. The van der Waals surface area contributed by atoms with Crippen LogP contribution in [-0.2, 0) is 0 Å². The second-order valence-corrected chi connectivity index (χ2v) is 4.56. The summed E-state index contributed by atoms with van der Waals surface area (Å²) in [5.74, 6) is 0.466. The Balaban J connectivity index is 2.41. The fourth-order valence-electron chi connectivity index (χ4n) is 2.26. The van der Waals surface area contributed by atoms with E-state index in [0.717, 1.165) is 12.1 Å². The van der Waals surface area contributed by atoms with E-state index in [1.54, 1.807) is 0 Å². The van der Waals surface area contributed by atoms with E-state index in [2.05, 4.69) is 55.3 Å². The number of aromatic nitrogens is 1. The molecule has 2 heteroatoms. The zero-order valence-corrected chi connectivity index (χ0v) is 10.8. The van der Waals surface area contributed by atoms with Crippen molar-refractivity contribution in [2.24, 2.45) is 0 Å². The van der Waals surface area contributed by atoms with Crippen LogP contribution in [0.5, 0.6) is 0 Å².